The van der Waals surface area contributed by atoms with Crippen LogP contribution in [-0.4, -0.2) is 6.61 Å². The van der Waals surface area contributed by atoms with E-state index < -0.39 is 0 Å². The lowest BCUT2D eigenvalue weighted by Gasteiger charge is -2.35. The number of para-hydroxylation sites is 1. The lowest BCUT2D eigenvalue weighted by Crippen LogP contribution is -2.28. The minimum absolute atomic E-state index is 0.589. The fourth-order valence-electron chi connectivity index (χ4n) is 2.78. The van der Waals surface area contributed by atoms with Gasteiger partial charge in [-0.25, -0.2) is 0 Å². The van der Waals surface area contributed by atoms with Crippen LogP contribution in [-0.2, 0) is 0 Å². The van der Waals surface area contributed by atoms with E-state index in [2.05, 4.69) is 37.3 Å². The highest BCUT2D eigenvalue weighted by molar-refractivity contribution is 5.41. The second-order valence-corrected chi connectivity index (χ2v) is 4.73. The molecule has 0 spiro atoms. The zero-order valence-corrected chi connectivity index (χ0v) is 9.02. The van der Waals surface area contributed by atoms with Gasteiger partial charge in [0.1, 0.15) is 5.75 Å². The van der Waals surface area contributed by atoms with Gasteiger partial charge in [0.25, 0.3) is 0 Å². The van der Waals surface area contributed by atoms with Crippen molar-refractivity contribution in [1.82, 2.24) is 0 Å². The van der Waals surface area contributed by atoms with Gasteiger partial charge in [-0.2, -0.15) is 0 Å². The lowest BCUT2D eigenvalue weighted by atomic mass is 9.75. The van der Waals surface area contributed by atoms with Crippen molar-refractivity contribution in [2.45, 2.75) is 19.3 Å². The van der Waals surface area contributed by atoms with Crippen LogP contribution in [0.1, 0.15) is 24.8 Å². The average molecular weight is 200 g/mol. The van der Waals surface area contributed by atoms with E-state index in [1.807, 2.05) is 6.07 Å². The first-order valence-electron chi connectivity index (χ1n) is 5.74. The number of fused-ring (bicyclic) bond motifs is 3. The molecule has 0 bridgehead atoms. The highest BCUT2D eigenvalue weighted by atomic mass is 16.5. The highest BCUT2D eigenvalue weighted by Gasteiger charge is 2.31. The first kappa shape index (κ1) is 9.02. The molecule has 0 aromatic heterocycles. The predicted molar refractivity (Wildman–Crippen MR) is 61.1 cm³/mol. The first-order chi connectivity index (χ1) is 7.34. The molecular formula is C14H16O. The third-order valence-electron chi connectivity index (χ3n) is 3.56. The fourth-order valence-corrected chi connectivity index (χ4v) is 2.78. The first-order valence-corrected chi connectivity index (χ1v) is 5.74. The Labute approximate surface area is 90.8 Å². The Morgan fingerprint density at radius 1 is 1.20 bits per heavy atom. The Hall–Kier alpha value is -1.24. The quantitative estimate of drug-likeness (QED) is 0.583. The molecule has 0 saturated heterocycles. The van der Waals surface area contributed by atoms with Crippen LogP contribution in [0.5, 0.6) is 5.75 Å². The summed E-state index contributed by atoms with van der Waals surface area (Å²) in [7, 11) is 0. The van der Waals surface area contributed by atoms with Crippen molar-refractivity contribution >= 4 is 0 Å². The molecule has 2 aliphatic rings. The lowest BCUT2D eigenvalue weighted by molar-refractivity contribution is 0.184. The highest BCUT2D eigenvalue weighted by Crippen LogP contribution is 2.42. The summed E-state index contributed by atoms with van der Waals surface area (Å²) in [6.07, 6.45) is 5.99. The summed E-state index contributed by atoms with van der Waals surface area (Å²) in [4.78, 5) is 0. The summed E-state index contributed by atoms with van der Waals surface area (Å²) >= 11 is 0. The Balaban J connectivity index is 2.02. The second-order valence-electron chi connectivity index (χ2n) is 4.73. The number of allylic oxidation sites excluding steroid dienone is 2. The molecule has 3 atom stereocenters. The van der Waals surface area contributed by atoms with Crippen LogP contribution in [0.4, 0.5) is 0 Å². The van der Waals surface area contributed by atoms with Crippen molar-refractivity contribution in [3.8, 4) is 5.75 Å². The van der Waals surface area contributed by atoms with E-state index in [0.29, 0.717) is 17.8 Å². The third-order valence-corrected chi connectivity index (χ3v) is 3.56. The number of benzene rings is 1. The van der Waals surface area contributed by atoms with Gasteiger partial charge in [0.15, 0.2) is 0 Å². The molecule has 1 aromatic carbocycles. The van der Waals surface area contributed by atoms with Crippen LogP contribution < -0.4 is 4.74 Å². The Morgan fingerprint density at radius 3 is 3.00 bits per heavy atom. The van der Waals surface area contributed by atoms with Crippen LogP contribution >= 0.6 is 0 Å². The van der Waals surface area contributed by atoms with Crippen LogP contribution in [0, 0.1) is 11.8 Å². The zero-order chi connectivity index (χ0) is 10.3. The molecule has 1 aliphatic heterocycles. The van der Waals surface area contributed by atoms with Gasteiger partial charge < -0.3 is 4.74 Å². The molecule has 1 aliphatic carbocycles. The molecule has 0 amide bonds. The summed E-state index contributed by atoms with van der Waals surface area (Å²) in [6.45, 7) is 3.17. The summed E-state index contributed by atoms with van der Waals surface area (Å²) in [5.41, 5.74) is 1.37. The van der Waals surface area contributed by atoms with Crippen molar-refractivity contribution in [1.29, 1.82) is 0 Å². The van der Waals surface area contributed by atoms with E-state index in [-0.39, 0.29) is 0 Å². The maximum atomic E-state index is 5.81. The van der Waals surface area contributed by atoms with Crippen molar-refractivity contribution in [3.63, 3.8) is 0 Å². The van der Waals surface area contributed by atoms with Crippen molar-refractivity contribution in [2.75, 3.05) is 6.61 Å². The van der Waals surface area contributed by atoms with Gasteiger partial charge in [-0.1, -0.05) is 37.3 Å². The Kier molecular flexibility index (Phi) is 2.05. The summed E-state index contributed by atoms with van der Waals surface area (Å²) in [6, 6.07) is 8.44. The topological polar surface area (TPSA) is 9.23 Å². The van der Waals surface area contributed by atoms with Crippen molar-refractivity contribution in [3.05, 3.63) is 42.0 Å². The smallest absolute Gasteiger partial charge is 0.123 e. The summed E-state index contributed by atoms with van der Waals surface area (Å²) in [5.74, 6) is 3.06. The molecule has 78 valence electrons. The molecule has 0 fully saturated rings. The fraction of sp³-hybridized carbons (Fsp3) is 0.429. The van der Waals surface area contributed by atoms with Gasteiger partial charge >= 0.3 is 0 Å². The Bertz CT molecular complexity index is 394. The number of hydrogen-bond donors (Lipinski definition) is 0. The van der Waals surface area contributed by atoms with Crippen molar-refractivity contribution < 1.29 is 4.74 Å². The molecule has 0 N–H and O–H groups in total. The predicted octanol–water partition coefficient (Wildman–Crippen LogP) is 3.37. The van der Waals surface area contributed by atoms with Gasteiger partial charge in [-0.3, -0.25) is 0 Å². The molecule has 0 saturated carbocycles. The van der Waals surface area contributed by atoms with E-state index in [0.717, 1.165) is 12.4 Å². The molecule has 1 aromatic rings. The molecule has 3 unspecified atom stereocenters. The number of rotatable bonds is 0. The minimum atomic E-state index is 0.589. The van der Waals surface area contributed by atoms with Gasteiger partial charge in [-0.15, -0.1) is 0 Å². The van der Waals surface area contributed by atoms with Crippen LogP contribution in [0.25, 0.3) is 0 Å². The van der Waals surface area contributed by atoms with Gasteiger partial charge in [-0.05, 0) is 18.4 Å². The van der Waals surface area contributed by atoms with Gasteiger partial charge in [0, 0.05) is 17.4 Å². The number of ether oxygens (including phenoxy) is 1. The van der Waals surface area contributed by atoms with Crippen LogP contribution in [0.15, 0.2) is 36.4 Å². The van der Waals surface area contributed by atoms with Gasteiger partial charge in [0.2, 0.25) is 0 Å². The molecule has 3 rings (SSSR count). The largest absolute Gasteiger partial charge is 0.493 e. The summed E-state index contributed by atoms with van der Waals surface area (Å²) in [5, 5.41) is 0. The molecule has 15 heavy (non-hydrogen) atoms. The molecule has 1 heteroatoms. The zero-order valence-electron chi connectivity index (χ0n) is 9.02. The number of hydrogen-bond acceptors (Lipinski definition) is 1. The molecule has 0 radical (unpaired) electrons. The third kappa shape index (κ3) is 1.46. The monoisotopic (exact) mass is 200 g/mol. The van der Waals surface area contributed by atoms with Crippen molar-refractivity contribution in [2.24, 2.45) is 11.8 Å². The molecule has 1 nitrogen and oxygen atoms in total. The van der Waals surface area contributed by atoms with E-state index >= 15 is 0 Å². The Morgan fingerprint density at radius 2 is 2.07 bits per heavy atom. The molecular weight excluding hydrogens is 184 g/mol. The van der Waals surface area contributed by atoms with Crippen LogP contribution in [0.3, 0.4) is 0 Å². The normalized spacial score (nSPS) is 32.7. The SMILES string of the molecule is CC1C=CC2c3ccccc3OCC2C1. The van der Waals surface area contributed by atoms with E-state index in [4.69, 9.17) is 4.74 Å². The maximum Gasteiger partial charge on any atom is 0.123 e. The van der Waals surface area contributed by atoms with Crippen LogP contribution in [0.2, 0.25) is 0 Å². The van der Waals surface area contributed by atoms with E-state index in [1.54, 1.807) is 0 Å². The molecule has 1 heterocycles. The second kappa shape index (κ2) is 3.41. The van der Waals surface area contributed by atoms with Gasteiger partial charge in [0.05, 0.1) is 6.61 Å². The average Bonchev–Trinajstić information content (AvgIpc) is 2.28. The van der Waals surface area contributed by atoms with E-state index in [1.165, 1.54) is 12.0 Å². The standard InChI is InChI=1S/C14H16O/c1-10-6-7-12-11(8-10)9-15-14-5-3-2-4-13(12)14/h2-7,10-12H,8-9H2,1H3. The van der Waals surface area contributed by atoms with E-state index in [9.17, 15) is 0 Å². The maximum absolute atomic E-state index is 5.81. The summed E-state index contributed by atoms with van der Waals surface area (Å²) < 4.78 is 5.81. The minimum Gasteiger partial charge on any atom is -0.493 e.